The van der Waals surface area contributed by atoms with Crippen LogP contribution in [0.15, 0.2) is 24.3 Å². The van der Waals surface area contributed by atoms with E-state index in [2.05, 4.69) is 0 Å². The van der Waals surface area contributed by atoms with Gasteiger partial charge in [-0.2, -0.15) is 0 Å². The Labute approximate surface area is 77.2 Å². The van der Waals surface area contributed by atoms with Gasteiger partial charge in [-0.1, -0.05) is 25.1 Å². The molecule has 2 rings (SSSR count). The van der Waals surface area contributed by atoms with E-state index in [1.165, 1.54) is 0 Å². The van der Waals surface area contributed by atoms with Crippen LogP contribution in [0.3, 0.4) is 0 Å². The number of benzene rings is 1. The summed E-state index contributed by atoms with van der Waals surface area (Å²) in [5.41, 5.74) is 0.775. The second-order valence-corrected chi connectivity index (χ2v) is 3.97. The first-order chi connectivity index (χ1) is 6.12. The lowest BCUT2D eigenvalue weighted by molar-refractivity contribution is -0.127. The minimum atomic E-state index is -0.123. The number of aromatic hydroxyl groups is 1. The molecule has 13 heavy (non-hydrogen) atoms. The summed E-state index contributed by atoms with van der Waals surface area (Å²) in [5.74, 6) is 0.586. The van der Waals surface area contributed by atoms with Gasteiger partial charge in [0.1, 0.15) is 11.5 Å². The molecule has 68 valence electrons. The van der Waals surface area contributed by atoms with Gasteiger partial charge in [-0.3, -0.25) is 4.79 Å². The van der Waals surface area contributed by atoms with E-state index in [4.69, 9.17) is 0 Å². The van der Waals surface area contributed by atoms with Crippen molar-refractivity contribution in [2.45, 2.75) is 25.2 Å². The number of ketones is 1. The summed E-state index contributed by atoms with van der Waals surface area (Å²) in [6.07, 6.45) is 1.12. The van der Waals surface area contributed by atoms with Crippen molar-refractivity contribution in [2.24, 2.45) is 0 Å². The van der Waals surface area contributed by atoms with Crippen LogP contribution in [-0.2, 0) is 10.2 Å². The number of phenolic OH excluding ortho intramolecular Hbond substituents is 1. The van der Waals surface area contributed by atoms with E-state index in [0.717, 1.165) is 5.56 Å². The Morgan fingerprint density at radius 1 is 1.31 bits per heavy atom. The Hall–Kier alpha value is -1.31. The average molecular weight is 176 g/mol. The Balaban J connectivity index is 2.36. The molecular formula is C11H12O2. The van der Waals surface area contributed by atoms with E-state index < -0.39 is 0 Å². The Morgan fingerprint density at radius 3 is 2.46 bits per heavy atom. The number of rotatable bonds is 1. The molecule has 0 aliphatic heterocycles. The monoisotopic (exact) mass is 176 g/mol. The average Bonchev–Trinajstić information content (AvgIpc) is 2.02. The summed E-state index contributed by atoms with van der Waals surface area (Å²) in [4.78, 5) is 10.9. The molecule has 1 saturated carbocycles. The van der Waals surface area contributed by atoms with Crippen LogP contribution in [0.5, 0.6) is 5.75 Å². The van der Waals surface area contributed by atoms with Crippen LogP contribution in [0.1, 0.15) is 25.3 Å². The Morgan fingerprint density at radius 2 is 1.92 bits per heavy atom. The van der Waals surface area contributed by atoms with Gasteiger partial charge in [0.25, 0.3) is 0 Å². The number of Topliss-reactive ketones (excluding diaryl/α,β-unsaturated/α-hetero) is 1. The van der Waals surface area contributed by atoms with Crippen LogP contribution in [0.2, 0.25) is 0 Å². The van der Waals surface area contributed by atoms with E-state index in [1.807, 2.05) is 19.1 Å². The molecule has 0 heterocycles. The van der Waals surface area contributed by atoms with Crippen molar-refractivity contribution >= 4 is 5.78 Å². The van der Waals surface area contributed by atoms with Crippen LogP contribution in [-0.4, -0.2) is 10.9 Å². The highest BCUT2D eigenvalue weighted by Crippen LogP contribution is 2.43. The minimum Gasteiger partial charge on any atom is -0.508 e. The van der Waals surface area contributed by atoms with Crippen molar-refractivity contribution in [1.82, 2.24) is 0 Å². The van der Waals surface area contributed by atoms with Gasteiger partial charge in [0, 0.05) is 23.8 Å². The van der Waals surface area contributed by atoms with Crippen molar-refractivity contribution < 1.29 is 9.90 Å². The standard InChI is InChI=1S/C11H12O2/c1-11(6-8(12)7-11)9-4-2-3-5-10(9)13/h2-5,13H,6-7H2,1H3. The fourth-order valence-corrected chi connectivity index (χ4v) is 1.99. The molecule has 0 spiro atoms. The van der Waals surface area contributed by atoms with Gasteiger partial charge in [0.05, 0.1) is 0 Å². The van der Waals surface area contributed by atoms with Crippen LogP contribution < -0.4 is 0 Å². The van der Waals surface area contributed by atoms with Crippen molar-refractivity contribution in [1.29, 1.82) is 0 Å². The summed E-state index contributed by atoms with van der Waals surface area (Å²) in [6.45, 7) is 2.02. The lowest BCUT2D eigenvalue weighted by atomic mass is 9.65. The van der Waals surface area contributed by atoms with Gasteiger partial charge >= 0.3 is 0 Å². The molecule has 1 aromatic carbocycles. The summed E-state index contributed by atoms with van der Waals surface area (Å²) in [5, 5.41) is 9.59. The maximum atomic E-state index is 10.9. The van der Waals surface area contributed by atoms with Crippen LogP contribution in [0, 0.1) is 0 Å². The molecule has 1 aliphatic rings. The number of hydrogen-bond acceptors (Lipinski definition) is 2. The first kappa shape index (κ1) is 8.30. The summed E-state index contributed by atoms with van der Waals surface area (Å²) in [7, 11) is 0. The molecular weight excluding hydrogens is 164 g/mol. The molecule has 0 atom stereocenters. The summed E-state index contributed by atoms with van der Waals surface area (Å²) >= 11 is 0. The van der Waals surface area contributed by atoms with Gasteiger partial charge < -0.3 is 5.11 Å². The van der Waals surface area contributed by atoms with Crippen molar-refractivity contribution in [2.75, 3.05) is 0 Å². The zero-order valence-corrected chi connectivity index (χ0v) is 7.58. The molecule has 1 aliphatic carbocycles. The zero-order valence-electron chi connectivity index (χ0n) is 7.58. The molecule has 0 amide bonds. The van der Waals surface area contributed by atoms with Crippen molar-refractivity contribution in [3.05, 3.63) is 29.8 Å². The molecule has 1 aromatic rings. The fourth-order valence-electron chi connectivity index (χ4n) is 1.99. The van der Waals surface area contributed by atoms with Gasteiger partial charge in [-0.15, -0.1) is 0 Å². The molecule has 0 radical (unpaired) electrons. The number of phenols is 1. The minimum absolute atomic E-state index is 0.123. The topological polar surface area (TPSA) is 37.3 Å². The first-order valence-corrected chi connectivity index (χ1v) is 4.42. The van der Waals surface area contributed by atoms with Crippen molar-refractivity contribution in [3.8, 4) is 5.75 Å². The molecule has 1 fully saturated rings. The summed E-state index contributed by atoms with van der Waals surface area (Å²) < 4.78 is 0. The number of carbonyl (C=O) groups excluding carboxylic acids is 1. The molecule has 1 N–H and O–H groups in total. The highest BCUT2D eigenvalue weighted by atomic mass is 16.3. The van der Waals surface area contributed by atoms with Gasteiger partial charge in [0.2, 0.25) is 0 Å². The zero-order chi connectivity index (χ0) is 9.47. The Kier molecular flexibility index (Phi) is 1.65. The van der Waals surface area contributed by atoms with Gasteiger partial charge in [-0.25, -0.2) is 0 Å². The van der Waals surface area contributed by atoms with E-state index in [0.29, 0.717) is 18.6 Å². The predicted octanol–water partition coefficient (Wildman–Crippen LogP) is 2.01. The maximum Gasteiger partial charge on any atom is 0.134 e. The third-order valence-corrected chi connectivity index (χ3v) is 2.73. The highest BCUT2D eigenvalue weighted by molar-refractivity contribution is 5.88. The van der Waals surface area contributed by atoms with E-state index in [1.54, 1.807) is 12.1 Å². The SMILES string of the molecule is CC1(c2ccccc2O)CC(=O)C1. The predicted molar refractivity (Wildman–Crippen MR) is 49.7 cm³/mol. The largest absolute Gasteiger partial charge is 0.508 e. The second-order valence-electron chi connectivity index (χ2n) is 3.97. The molecule has 0 aromatic heterocycles. The van der Waals surface area contributed by atoms with Crippen molar-refractivity contribution in [3.63, 3.8) is 0 Å². The molecule has 2 nitrogen and oxygen atoms in total. The molecule has 0 saturated heterocycles. The normalized spacial score (nSPS) is 19.6. The number of hydrogen-bond donors (Lipinski definition) is 1. The third-order valence-electron chi connectivity index (χ3n) is 2.73. The third kappa shape index (κ3) is 1.22. The lowest BCUT2D eigenvalue weighted by Gasteiger charge is -2.37. The lowest BCUT2D eigenvalue weighted by Crippen LogP contribution is -2.38. The van der Waals surface area contributed by atoms with E-state index in [-0.39, 0.29) is 11.2 Å². The van der Waals surface area contributed by atoms with Crippen LogP contribution in [0.4, 0.5) is 0 Å². The smallest absolute Gasteiger partial charge is 0.134 e. The Bertz CT molecular complexity index is 347. The van der Waals surface area contributed by atoms with Crippen LogP contribution >= 0.6 is 0 Å². The number of para-hydroxylation sites is 1. The first-order valence-electron chi connectivity index (χ1n) is 4.42. The highest BCUT2D eigenvalue weighted by Gasteiger charge is 2.41. The molecule has 2 heteroatoms. The maximum absolute atomic E-state index is 10.9. The number of carbonyl (C=O) groups is 1. The summed E-state index contributed by atoms with van der Waals surface area (Å²) in [6, 6.07) is 7.25. The fraction of sp³-hybridized carbons (Fsp3) is 0.364. The van der Waals surface area contributed by atoms with E-state index in [9.17, 15) is 9.90 Å². The van der Waals surface area contributed by atoms with E-state index >= 15 is 0 Å². The molecule has 0 bridgehead atoms. The quantitative estimate of drug-likeness (QED) is 0.710. The molecule has 0 unspecified atom stereocenters. The second kappa shape index (κ2) is 2.59. The van der Waals surface area contributed by atoms with Crippen LogP contribution in [0.25, 0.3) is 0 Å². The van der Waals surface area contributed by atoms with Gasteiger partial charge in [0.15, 0.2) is 0 Å². The van der Waals surface area contributed by atoms with Gasteiger partial charge in [-0.05, 0) is 6.07 Å².